The molecular weight excluding hydrogens is 241 g/mol. The molecule has 86 valence electrons. The van der Waals surface area contributed by atoms with E-state index in [4.69, 9.17) is 0 Å². The molecular formula is C4H5F3N4O3S. The molecule has 15 heavy (non-hydrogen) atoms. The van der Waals surface area contributed by atoms with E-state index in [0.717, 1.165) is 4.72 Å². The lowest BCUT2D eigenvalue weighted by molar-refractivity contribution is -0.0429. The van der Waals surface area contributed by atoms with Gasteiger partial charge >= 0.3 is 21.5 Å². The molecule has 2 N–H and O–H groups in total. The molecule has 0 aliphatic carbocycles. The van der Waals surface area contributed by atoms with Crippen molar-refractivity contribution in [2.24, 2.45) is 0 Å². The van der Waals surface area contributed by atoms with E-state index in [1.165, 1.54) is 7.11 Å². The third-order valence-electron chi connectivity index (χ3n) is 1.18. The number of anilines is 1. The number of hydrogen-bond donors (Lipinski definition) is 2. The summed E-state index contributed by atoms with van der Waals surface area (Å²) in [6.07, 6.45) is 0. The highest BCUT2D eigenvalue weighted by Gasteiger charge is 2.46. The second-order valence-electron chi connectivity index (χ2n) is 2.22. The molecule has 0 aliphatic heterocycles. The van der Waals surface area contributed by atoms with Crippen molar-refractivity contribution in [3.8, 4) is 6.01 Å². The molecule has 7 nitrogen and oxygen atoms in total. The summed E-state index contributed by atoms with van der Waals surface area (Å²) in [5.74, 6) is -0.677. The van der Waals surface area contributed by atoms with Crippen LogP contribution in [0.3, 0.4) is 0 Å². The van der Waals surface area contributed by atoms with Crippen LogP contribution >= 0.6 is 0 Å². The molecule has 1 aromatic rings. The van der Waals surface area contributed by atoms with Gasteiger partial charge in [0.1, 0.15) is 0 Å². The van der Waals surface area contributed by atoms with Crippen molar-refractivity contribution in [3.05, 3.63) is 0 Å². The zero-order chi connectivity index (χ0) is 11.7. The summed E-state index contributed by atoms with van der Waals surface area (Å²) < 4.78 is 62.3. The maximum absolute atomic E-state index is 11.9. The summed E-state index contributed by atoms with van der Waals surface area (Å²) in [4.78, 5) is 3.25. The van der Waals surface area contributed by atoms with Crippen LogP contribution < -0.4 is 9.46 Å². The van der Waals surface area contributed by atoms with E-state index in [9.17, 15) is 21.6 Å². The van der Waals surface area contributed by atoms with Gasteiger partial charge in [0.15, 0.2) is 0 Å². The Morgan fingerprint density at radius 3 is 2.47 bits per heavy atom. The summed E-state index contributed by atoms with van der Waals surface area (Å²) in [5, 5.41) is 5.16. The van der Waals surface area contributed by atoms with Crippen LogP contribution in [0.25, 0.3) is 0 Å². The van der Waals surface area contributed by atoms with Crippen LogP contribution in [-0.4, -0.2) is 36.2 Å². The fourth-order valence-corrected chi connectivity index (χ4v) is 1.03. The van der Waals surface area contributed by atoms with Crippen molar-refractivity contribution in [2.45, 2.75) is 5.51 Å². The number of alkyl halides is 3. The third kappa shape index (κ3) is 2.49. The molecule has 0 spiro atoms. The minimum Gasteiger partial charge on any atom is -0.466 e. The van der Waals surface area contributed by atoms with Crippen molar-refractivity contribution in [3.63, 3.8) is 0 Å². The highest BCUT2D eigenvalue weighted by atomic mass is 32.2. The van der Waals surface area contributed by atoms with E-state index in [-0.39, 0.29) is 6.01 Å². The number of methoxy groups -OCH3 is 1. The minimum absolute atomic E-state index is 0.283. The van der Waals surface area contributed by atoms with Gasteiger partial charge in [-0.3, -0.25) is 0 Å². The molecule has 0 aliphatic rings. The van der Waals surface area contributed by atoms with Crippen molar-refractivity contribution in [1.29, 1.82) is 0 Å². The van der Waals surface area contributed by atoms with Crippen LogP contribution in [0, 0.1) is 0 Å². The number of nitrogens with zero attached hydrogens (tertiary/aromatic N) is 2. The number of aromatic amines is 1. The summed E-state index contributed by atoms with van der Waals surface area (Å²) >= 11 is 0. The average molecular weight is 246 g/mol. The van der Waals surface area contributed by atoms with E-state index in [0.29, 0.717) is 0 Å². The number of sulfonamides is 1. The Labute approximate surface area is 81.7 Å². The van der Waals surface area contributed by atoms with Crippen LogP contribution in [0.2, 0.25) is 0 Å². The number of rotatable bonds is 3. The summed E-state index contributed by atoms with van der Waals surface area (Å²) in [5.41, 5.74) is -5.41. The maximum atomic E-state index is 11.9. The fraction of sp³-hybridized carbons (Fsp3) is 0.500. The quantitative estimate of drug-likeness (QED) is 0.786. The first-order chi connectivity index (χ1) is 6.76. The van der Waals surface area contributed by atoms with E-state index >= 15 is 0 Å². The van der Waals surface area contributed by atoms with Gasteiger partial charge in [0.2, 0.25) is 5.95 Å². The number of hydrogen-bond acceptors (Lipinski definition) is 5. The summed E-state index contributed by atoms with van der Waals surface area (Å²) in [6.45, 7) is 0. The highest BCUT2D eigenvalue weighted by Crippen LogP contribution is 2.24. The molecule has 11 heteroatoms. The van der Waals surface area contributed by atoms with Crippen molar-refractivity contribution in [2.75, 3.05) is 11.8 Å². The van der Waals surface area contributed by atoms with E-state index in [1.807, 2.05) is 5.10 Å². The highest BCUT2D eigenvalue weighted by molar-refractivity contribution is 7.93. The fourth-order valence-electron chi connectivity index (χ4n) is 0.568. The molecule has 0 bridgehead atoms. The largest absolute Gasteiger partial charge is 0.516 e. The first-order valence-corrected chi connectivity index (χ1v) is 4.80. The van der Waals surface area contributed by atoms with Crippen molar-refractivity contribution >= 4 is 16.0 Å². The lowest BCUT2D eigenvalue weighted by atomic mass is 11.1. The second kappa shape index (κ2) is 3.56. The molecule has 0 saturated heterocycles. The monoisotopic (exact) mass is 246 g/mol. The second-order valence-corrected chi connectivity index (χ2v) is 3.90. The first-order valence-electron chi connectivity index (χ1n) is 3.32. The van der Waals surface area contributed by atoms with Gasteiger partial charge in [-0.1, -0.05) is 0 Å². The smallest absolute Gasteiger partial charge is 0.466 e. The van der Waals surface area contributed by atoms with E-state index in [1.54, 1.807) is 0 Å². The Hall–Kier alpha value is -1.52. The van der Waals surface area contributed by atoms with Gasteiger partial charge in [0.25, 0.3) is 0 Å². The average Bonchev–Trinajstić information content (AvgIpc) is 2.49. The predicted octanol–water partition coefficient (Wildman–Crippen LogP) is 0.0748. The van der Waals surface area contributed by atoms with Crippen molar-refractivity contribution in [1.82, 2.24) is 15.2 Å². The molecule has 1 heterocycles. The van der Waals surface area contributed by atoms with Crippen molar-refractivity contribution < 1.29 is 26.3 Å². The van der Waals surface area contributed by atoms with Gasteiger partial charge in [-0.2, -0.15) is 26.6 Å². The van der Waals surface area contributed by atoms with Gasteiger partial charge in [-0.05, 0) is 0 Å². The maximum Gasteiger partial charge on any atom is 0.516 e. The number of nitrogens with one attached hydrogen (secondary N) is 2. The first kappa shape index (κ1) is 11.6. The number of halogens is 3. The molecule has 0 amide bonds. The number of aromatic nitrogens is 3. The molecule has 0 fully saturated rings. The molecule has 0 atom stereocenters. The standard InChI is InChI=1S/C4H5F3N4O3S/c1-14-3-8-2(9-10-3)11-15(12,13)4(5,6)7/h1H3,(H2,8,9,10,11). The van der Waals surface area contributed by atoms with Crippen LogP contribution in [-0.2, 0) is 10.0 Å². The van der Waals surface area contributed by atoms with Crippen LogP contribution in [0.4, 0.5) is 19.1 Å². The van der Waals surface area contributed by atoms with E-state index < -0.39 is 21.5 Å². The SMILES string of the molecule is COc1n[nH]c(NS(=O)(=O)C(F)(F)F)n1. The molecule has 0 saturated carbocycles. The summed E-state index contributed by atoms with van der Waals surface area (Å²) in [7, 11) is -4.31. The van der Waals surface area contributed by atoms with Crippen LogP contribution in [0.1, 0.15) is 0 Å². The molecule has 1 aromatic heterocycles. The van der Waals surface area contributed by atoms with Gasteiger partial charge in [0.05, 0.1) is 7.11 Å². The zero-order valence-electron chi connectivity index (χ0n) is 7.16. The Morgan fingerprint density at radius 2 is 2.07 bits per heavy atom. The molecule has 0 radical (unpaired) electrons. The lowest BCUT2D eigenvalue weighted by Crippen LogP contribution is -2.30. The van der Waals surface area contributed by atoms with Gasteiger partial charge in [-0.25, -0.2) is 9.82 Å². The summed E-state index contributed by atoms with van der Waals surface area (Å²) in [6, 6.07) is -0.283. The molecule has 0 aromatic carbocycles. The normalized spacial score (nSPS) is 12.5. The lowest BCUT2D eigenvalue weighted by Gasteiger charge is -2.06. The van der Waals surface area contributed by atoms with Gasteiger partial charge in [0, 0.05) is 0 Å². The molecule has 0 unspecified atom stereocenters. The minimum atomic E-state index is -5.48. The van der Waals surface area contributed by atoms with Crippen LogP contribution in [0.15, 0.2) is 0 Å². The Kier molecular flexibility index (Phi) is 2.75. The van der Waals surface area contributed by atoms with Crippen LogP contribution in [0.5, 0.6) is 6.01 Å². The van der Waals surface area contributed by atoms with Gasteiger partial charge < -0.3 is 4.74 Å². The Morgan fingerprint density at radius 1 is 1.47 bits per heavy atom. The number of ether oxygens (including phenoxy) is 1. The van der Waals surface area contributed by atoms with Gasteiger partial charge in [-0.15, -0.1) is 5.10 Å². The zero-order valence-corrected chi connectivity index (χ0v) is 7.98. The predicted molar refractivity (Wildman–Crippen MR) is 41.5 cm³/mol. The Balaban J connectivity index is 2.87. The molecule has 1 rings (SSSR count). The third-order valence-corrected chi connectivity index (χ3v) is 2.25. The van der Waals surface area contributed by atoms with E-state index in [2.05, 4.69) is 14.8 Å². The Bertz CT molecular complexity index is 438. The topological polar surface area (TPSA) is 97.0 Å². The number of H-pyrrole nitrogens is 1.